The number of hydrogen-bond donors (Lipinski definition) is 0. The molecule has 2 saturated heterocycles. The zero-order valence-electron chi connectivity index (χ0n) is 15.7. The van der Waals surface area contributed by atoms with Crippen molar-refractivity contribution >= 4 is 23.4 Å². The van der Waals surface area contributed by atoms with Gasteiger partial charge in [-0.1, -0.05) is 17.7 Å². The van der Waals surface area contributed by atoms with Crippen molar-refractivity contribution in [2.45, 2.75) is 50.7 Å². The van der Waals surface area contributed by atoms with Crippen LogP contribution in [0.15, 0.2) is 36.9 Å². The third-order valence-electron chi connectivity index (χ3n) is 5.67. The van der Waals surface area contributed by atoms with Gasteiger partial charge in [0.15, 0.2) is 0 Å². The largest absolute Gasteiger partial charge is 0.337 e. The zero-order chi connectivity index (χ0) is 19.5. The van der Waals surface area contributed by atoms with Crippen molar-refractivity contribution in [1.82, 2.24) is 24.6 Å². The van der Waals surface area contributed by atoms with Crippen LogP contribution in [0.5, 0.6) is 0 Å². The van der Waals surface area contributed by atoms with Gasteiger partial charge in [-0.3, -0.25) is 19.3 Å². The van der Waals surface area contributed by atoms with E-state index < -0.39 is 0 Å². The van der Waals surface area contributed by atoms with Crippen molar-refractivity contribution in [1.29, 1.82) is 0 Å². The number of fused-ring (bicyclic) bond motifs is 1. The molecule has 0 bridgehead atoms. The second-order valence-electron chi connectivity index (χ2n) is 7.44. The van der Waals surface area contributed by atoms with Crippen molar-refractivity contribution in [3.63, 3.8) is 0 Å². The van der Waals surface area contributed by atoms with Crippen molar-refractivity contribution < 1.29 is 9.59 Å². The van der Waals surface area contributed by atoms with Crippen molar-refractivity contribution in [2.24, 2.45) is 0 Å². The van der Waals surface area contributed by atoms with Gasteiger partial charge in [0, 0.05) is 51.1 Å². The predicted molar refractivity (Wildman–Crippen MR) is 105 cm³/mol. The Hall–Kier alpha value is -2.41. The number of pyridine rings is 1. The molecule has 0 aromatic carbocycles. The number of halogens is 1. The van der Waals surface area contributed by atoms with Crippen LogP contribution in [-0.4, -0.2) is 61.6 Å². The normalized spacial score (nSPS) is 21.4. The Kier molecular flexibility index (Phi) is 5.62. The van der Waals surface area contributed by atoms with Gasteiger partial charge >= 0.3 is 0 Å². The van der Waals surface area contributed by atoms with Crippen LogP contribution in [0.2, 0.25) is 5.02 Å². The molecule has 4 heterocycles. The Bertz CT molecular complexity index is 840. The molecular weight excluding hydrogens is 378 g/mol. The Morgan fingerprint density at radius 1 is 1.25 bits per heavy atom. The average Bonchev–Trinajstić information content (AvgIpc) is 3.37. The number of rotatable bonds is 7. The molecule has 0 radical (unpaired) electrons. The Balaban J connectivity index is 1.29. The Morgan fingerprint density at radius 2 is 2.14 bits per heavy atom. The smallest absolute Gasteiger partial charge is 0.225 e. The van der Waals surface area contributed by atoms with Crippen LogP contribution in [0.1, 0.15) is 31.2 Å². The van der Waals surface area contributed by atoms with E-state index >= 15 is 0 Å². The molecule has 8 heteroatoms. The van der Waals surface area contributed by atoms with Crippen LogP contribution < -0.4 is 0 Å². The molecule has 0 spiro atoms. The lowest BCUT2D eigenvalue weighted by Gasteiger charge is -2.25. The third-order valence-corrected chi connectivity index (χ3v) is 5.87. The van der Waals surface area contributed by atoms with E-state index in [4.69, 9.17) is 11.6 Å². The highest BCUT2D eigenvalue weighted by Crippen LogP contribution is 2.33. The summed E-state index contributed by atoms with van der Waals surface area (Å²) in [5, 5.41) is 4.79. The summed E-state index contributed by atoms with van der Waals surface area (Å²) in [4.78, 5) is 33.2. The molecule has 0 aliphatic carbocycles. The lowest BCUT2D eigenvalue weighted by molar-refractivity contribution is -0.132. The van der Waals surface area contributed by atoms with E-state index in [1.807, 2.05) is 21.9 Å². The first-order valence-corrected chi connectivity index (χ1v) is 10.2. The highest BCUT2D eigenvalue weighted by Gasteiger charge is 2.47. The van der Waals surface area contributed by atoms with Gasteiger partial charge in [-0.15, -0.1) is 0 Å². The lowest BCUT2D eigenvalue weighted by Crippen LogP contribution is -2.40. The molecular formula is C20H24ClN5O2. The van der Waals surface area contributed by atoms with Crippen molar-refractivity contribution in [3.8, 4) is 0 Å². The van der Waals surface area contributed by atoms with Gasteiger partial charge in [0.25, 0.3) is 0 Å². The summed E-state index contributed by atoms with van der Waals surface area (Å²) in [6.07, 6.45) is 10.2. The molecule has 2 aromatic heterocycles. The van der Waals surface area contributed by atoms with Crippen LogP contribution in [0, 0.1) is 0 Å². The van der Waals surface area contributed by atoms with E-state index in [0.717, 1.165) is 31.5 Å². The number of likely N-dealkylation sites (tertiary alicyclic amines) is 2. The summed E-state index contributed by atoms with van der Waals surface area (Å²) < 4.78 is 1.79. The summed E-state index contributed by atoms with van der Waals surface area (Å²) in [7, 11) is 0. The third kappa shape index (κ3) is 4.04. The molecule has 7 nitrogen and oxygen atoms in total. The number of amides is 2. The van der Waals surface area contributed by atoms with Gasteiger partial charge in [-0.05, 0) is 30.9 Å². The second kappa shape index (κ2) is 8.31. The molecule has 4 rings (SSSR count). The topological polar surface area (TPSA) is 71.3 Å². The zero-order valence-corrected chi connectivity index (χ0v) is 16.5. The molecule has 2 atom stereocenters. The van der Waals surface area contributed by atoms with Crippen molar-refractivity contribution in [2.75, 3.05) is 13.1 Å². The van der Waals surface area contributed by atoms with Crippen LogP contribution in [0.3, 0.4) is 0 Å². The van der Waals surface area contributed by atoms with Gasteiger partial charge in [0.2, 0.25) is 11.8 Å². The standard InChI is InChI=1S/C20H24ClN5O2/c21-16-13-23-24(14-16)8-2-9-25-17-6-10-26(18(17)11-20(25)28)19(27)5-4-15-3-1-7-22-12-15/h1,3,7,12-14,17-18H,2,4-6,8-11H2/t17-,18-/m0/s1. The van der Waals surface area contributed by atoms with Gasteiger partial charge in [0.1, 0.15) is 0 Å². The maximum atomic E-state index is 12.7. The number of hydrogen-bond acceptors (Lipinski definition) is 4. The van der Waals surface area contributed by atoms with Crippen molar-refractivity contribution in [3.05, 3.63) is 47.5 Å². The summed E-state index contributed by atoms with van der Waals surface area (Å²) in [6.45, 7) is 2.15. The van der Waals surface area contributed by atoms with E-state index in [0.29, 0.717) is 30.8 Å². The van der Waals surface area contributed by atoms with Crippen LogP contribution >= 0.6 is 11.6 Å². The van der Waals surface area contributed by atoms with E-state index in [2.05, 4.69) is 10.1 Å². The first kappa shape index (κ1) is 18.9. The van der Waals surface area contributed by atoms with Crippen LogP contribution in [0.25, 0.3) is 0 Å². The molecule has 2 aliphatic heterocycles. The second-order valence-corrected chi connectivity index (χ2v) is 7.87. The summed E-state index contributed by atoms with van der Waals surface area (Å²) in [5.74, 6) is 0.287. The van der Waals surface area contributed by atoms with Crippen LogP contribution in [0.4, 0.5) is 0 Å². The number of aryl methyl sites for hydroxylation is 2. The summed E-state index contributed by atoms with van der Waals surface area (Å²) in [6, 6.07) is 4.04. The fourth-order valence-electron chi connectivity index (χ4n) is 4.33. The van der Waals surface area contributed by atoms with E-state index in [1.165, 1.54) is 0 Å². The number of aromatic nitrogens is 3. The molecule has 2 aliphatic rings. The Labute approximate surface area is 169 Å². The average molecular weight is 402 g/mol. The molecule has 2 amide bonds. The monoisotopic (exact) mass is 401 g/mol. The summed E-state index contributed by atoms with van der Waals surface area (Å²) >= 11 is 5.88. The first-order chi connectivity index (χ1) is 13.6. The molecule has 0 saturated carbocycles. The molecule has 28 heavy (non-hydrogen) atoms. The van der Waals surface area contributed by atoms with E-state index in [-0.39, 0.29) is 23.9 Å². The maximum Gasteiger partial charge on any atom is 0.225 e. The van der Waals surface area contributed by atoms with E-state index in [9.17, 15) is 9.59 Å². The fourth-order valence-corrected chi connectivity index (χ4v) is 4.49. The van der Waals surface area contributed by atoms with Gasteiger partial charge in [0.05, 0.1) is 23.3 Å². The lowest BCUT2D eigenvalue weighted by atomic mass is 10.1. The maximum absolute atomic E-state index is 12.7. The highest BCUT2D eigenvalue weighted by molar-refractivity contribution is 6.30. The Morgan fingerprint density at radius 3 is 2.89 bits per heavy atom. The summed E-state index contributed by atoms with van der Waals surface area (Å²) in [5.41, 5.74) is 1.06. The SMILES string of the molecule is O=C1C[C@H]2[C@H](CCN2C(=O)CCc2cccnc2)N1CCCn1cc(Cl)cn1. The minimum absolute atomic E-state index is 0.0213. The molecule has 2 aromatic rings. The van der Waals surface area contributed by atoms with Gasteiger partial charge in [-0.25, -0.2) is 0 Å². The quantitative estimate of drug-likeness (QED) is 0.712. The number of carbonyl (C=O) groups is 2. The highest BCUT2D eigenvalue weighted by atomic mass is 35.5. The predicted octanol–water partition coefficient (Wildman–Crippen LogP) is 2.16. The fraction of sp³-hybridized carbons (Fsp3) is 0.500. The minimum Gasteiger partial charge on any atom is -0.337 e. The van der Waals surface area contributed by atoms with Gasteiger partial charge in [-0.2, -0.15) is 5.10 Å². The van der Waals surface area contributed by atoms with E-state index in [1.54, 1.807) is 29.5 Å². The molecule has 148 valence electrons. The first-order valence-electron chi connectivity index (χ1n) is 9.77. The molecule has 0 unspecified atom stereocenters. The molecule has 0 N–H and O–H groups in total. The van der Waals surface area contributed by atoms with Gasteiger partial charge < -0.3 is 9.80 Å². The van der Waals surface area contributed by atoms with Crippen LogP contribution in [-0.2, 0) is 22.6 Å². The molecule has 2 fully saturated rings. The number of nitrogens with zero attached hydrogens (tertiary/aromatic N) is 5. The minimum atomic E-state index is 0.0213. The number of carbonyl (C=O) groups excluding carboxylic acids is 2.